The lowest BCUT2D eigenvalue weighted by Crippen LogP contribution is -2.08. The molecule has 164 valence electrons. The van der Waals surface area contributed by atoms with Crippen molar-refractivity contribution >= 4 is 45.4 Å². The molecule has 3 aromatic carbocycles. The third-order valence-electron chi connectivity index (χ3n) is 5.43. The molecule has 0 radical (unpaired) electrons. The molecule has 3 aromatic heterocycles. The third-order valence-corrected chi connectivity index (χ3v) is 6.76. The van der Waals surface area contributed by atoms with Crippen LogP contribution in [-0.4, -0.2) is 25.1 Å². The van der Waals surface area contributed by atoms with Crippen molar-refractivity contribution in [2.75, 3.05) is 0 Å². The molecule has 6 rings (SSSR count). The van der Waals surface area contributed by atoms with Crippen LogP contribution in [0.15, 0.2) is 99.6 Å². The topological polar surface area (TPSA) is 87.3 Å². The molecule has 0 spiro atoms. The molecule has 2 N–H and O–H groups in total. The zero-order chi connectivity index (χ0) is 23.1. The number of aromatic amines is 2. The summed E-state index contributed by atoms with van der Waals surface area (Å²) < 4.78 is 0. The first-order valence-corrected chi connectivity index (χ1v) is 11.7. The van der Waals surface area contributed by atoms with E-state index in [1.807, 2.05) is 72.8 Å². The Bertz CT molecular complexity index is 1710. The van der Waals surface area contributed by atoms with Gasteiger partial charge in [0.1, 0.15) is 5.52 Å². The second kappa shape index (κ2) is 8.44. The number of hydrogen-bond donors (Lipinski definition) is 2. The van der Waals surface area contributed by atoms with Crippen LogP contribution in [0.4, 0.5) is 0 Å². The number of nitrogens with one attached hydrogen (secondary N) is 2. The average Bonchev–Trinajstić information content (AvgIpc) is 3.34. The van der Waals surface area contributed by atoms with Crippen LogP contribution in [-0.2, 0) is 0 Å². The standard InChI is InChI=1S/C26H16ClN5OS/c27-19-12-16(11-17-14-28-32-22(17)19)24-23(15-7-3-1-4-8-15)31-26-25(30-24)20(13-21(33)29-26)34-18-9-5-2-6-10-18/h1-14H,(H,28,32)(H,29,31,33). The molecule has 0 amide bonds. The smallest absolute Gasteiger partial charge is 0.250 e. The zero-order valence-electron chi connectivity index (χ0n) is 17.6. The lowest BCUT2D eigenvalue weighted by atomic mass is 10.0. The molecule has 0 saturated heterocycles. The Balaban J connectivity index is 1.64. The molecule has 0 aliphatic rings. The van der Waals surface area contributed by atoms with Crippen molar-refractivity contribution in [1.29, 1.82) is 0 Å². The largest absolute Gasteiger partial charge is 0.305 e. The van der Waals surface area contributed by atoms with Crippen LogP contribution in [0.3, 0.4) is 0 Å². The van der Waals surface area contributed by atoms with Crippen LogP contribution in [0.5, 0.6) is 0 Å². The van der Waals surface area contributed by atoms with Crippen molar-refractivity contribution in [3.8, 4) is 22.5 Å². The van der Waals surface area contributed by atoms with E-state index >= 15 is 0 Å². The highest BCUT2D eigenvalue weighted by molar-refractivity contribution is 7.99. The summed E-state index contributed by atoms with van der Waals surface area (Å²) in [6.07, 6.45) is 1.73. The number of halogens is 1. The van der Waals surface area contributed by atoms with Crippen LogP contribution >= 0.6 is 23.4 Å². The van der Waals surface area contributed by atoms with Gasteiger partial charge < -0.3 is 4.98 Å². The molecule has 8 heteroatoms. The van der Waals surface area contributed by atoms with Gasteiger partial charge in [-0.2, -0.15) is 5.10 Å². The first-order valence-electron chi connectivity index (χ1n) is 10.5. The minimum absolute atomic E-state index is 0.227. The van der Waals surface area contributed by atoms with Gasteiger partial charge in [0, 0.05) is 32.4 Å². The molecule has 0 saturated carbocycles. The number of pyridine rings is 1. The molecule has 0 aliphatic carbocycles. The molecule has 6 nitrogen and oxygen atoms in total. The van der Waals surface area contributed by atoms with Crippen molar-refractivity contribution in [3.63, 3.8) is 0 Å². The van der Waals surface area contributed by atoms with E-state index in [-0.39, 0.29) is 5.56 Å². The van der Waals surface area contributed by atoms with Gasteiger partial charge in [0.15, 0.2) is 5.65 Å². The summed E-state index contributed by atoms with van der Waals surface area (Å²) in [4.78, 5) is 27.0. The van der Waals surface area contributed by atoms with Crippen molar-refractivity contribution in [3.05, 3.63) is 100 Å². The van der Waals surface area contributed by atoms with Gasteiger partial charge in [-0.1, -0.05) is 71.9 Å². The number of benzene rings is 3. The van der Waals surface area contributed by atoms with Crippen LogP contribution in [0.2, 0.25) is 5.02 Å². The fraction of sp³-hybridized carbons (Fsp3) is 0. The maximum atomic E-state index is 12.5. The first-order chi connectivity index (χ1) is 16.7. The van der Waals surface area contributed by atoms with Gasteiger partial charge in [0.25, 0.3) is 5.56 Å². The Hall–Kier alpha value is -3.94. The van der Waals surface area contributed by atoms with Gasteiger partial charge in [-0.3, -0.25) is 9.89 Å². The number of hydrogen-bond acceptors (Lipinski definition) is 5. The van der Waals surface area contributed by atoms with Crippen LogP contribution in [0.1, 0.15) is 0 Å². The van der Waals surface area contributed by atoms with Gasteiger partial charge >= 0.3 is 0 Å². The number of H-pyrrole nitrogens is 2. The zero-order valence-corrected chi connectivity index (χ0v) is 19.2. The lowest BCUT2D eigenvalue weighted by molar-refractivity contribution is 1.12. The van der Waals surface area contributed by atoms with E-state index in [0.29, 0.717) is 27.6 Å². The summed E-state index contributed by atoms with van der Waals surface area (Å²) in [5.41, 5.74) is 4.62. The fourth-order valence-electron chi connectivity index (χ4n) is 3.88. The van der Waals surface area contributed by atoms with Crippen molar-refractivity contribution in [2.24, 2.45) is 0 Å². The SMILES string of the molecule is O=c1cc(Sc2ccccc2)c2nc(-c3cc(Cl)c4[nH]ncc4c3)c(-c3ccccc3)nc2[nH]1. The Labute approximate surface area is 203 Å². The Kier molecular flexibility index (Phi) is 5.13. The molecule has 0 aliphatic heterocycles. The monoisotopic (exact) mass is 481 g/mol. The van der Waals surface area contributed by atoms with Gasteiger partial charge in [0.05, 0.1) is 28.1 Å². The van der Waals surface area contributed by atoms with E-state index in [4.69, 9.17) is 21.6 Å². The maximum Gasteiger partial charge on any atom is 0.250 e. The summed E-state index contributed by atoms with van der Waals surface area (Å²) >= 11 is 8.04. The van der Waals surface area contributed by atoms with E-state index in [1.165, 1.54) is 11.8 Å². The molecular formula is C26H16ClN5OS. The number of fused-ring (bicyclic) bond motifs is 2. The van der Waals surface area contributed by atoms with Gasteiger partial charge in [-0.15, -0.1) is 0 Å². The minimum Gasteiger partial charge on any atom is -0.305 e. The van der Waals surface area contributed by atoms with Crippen LogP contribution < -0.4 is 5.56 Å². The predicted molar refractivity (Wildman–Crippen MR) is 136 cm³/mol. The second-order valence-electron chi connectivity index (χ2n) is 7.69. The Morgan fingerprint density at radius 3 is 2.35 bits per heavy atom. The summed E-state index contributed by atoms with van der Waals surface area (Å²) in [6.45, 7) is 0. The predicted octanol–water partition coefficient (Wildman–Crippen LogP) is 6.33. The van der Waals surface area contributed by atoms with E-state index < -0.39 is 0 Å². The van der Waals surface area contributed by atoms with E-state index in [2.05, 4.69) is 15.2 Å². The quantitative estimate of drug-likeness (QED) is 0.307. The third kappa shape index (κ3) is 3.75. The van der Waals surface area contributed by atoms with Gasteiger partial charge in [-0.05, 0) is 24.3 Å². The highest BCUT2D eigenvalue weighted by Crippen LogP contribution is 2.37. The minimum atomic E-state index is -0.227. The van der Waals surface area contributed by atoms with E-state index in [1.54, 1.807) is 12.3 Å². The summed E-state index contributed by atoms with van der Waals surface area (Å²) in [6, 6.07) is 25.1. The Morgan fingerprint density at radius 1 is 0.824 bits per heavy atom. The summed E-state index contributed by atoms with van der Waals surface area (Å²) in [7, 11) is 0. The van der Waals surface area contributed by atoms with Crippen LogP contribution in [0.25, 0.3) is 44.6 Å². The molecule has 0 atom stereocenters. The van der Waals surface area contributed by atoms with Gasteiger partial charge in [-0.25, -0.2) is 9.97 Å². The van der Waals surface area contributed by atoms with E-state index in [9.17, 15) is 4.79 Å². The summed E-state index contributed by atoms with van der Waals surface area (Å²) in [5.74, 6) is 0. The number of aromatic nitrogens is 5. The number of rotatable bonds is 4. The van der Waals surface area contributed by atoms with Crippen molar-refractivity contribution in [1.82, 2.24) is 25.1 Å². The Morgan fingerprint density at radius 2 is 1.56 bits per heavy atom. The second-order valence-corrected chi connectivity index (χ2v) is 9.21. The molecular weight excluding hydrogens is 466 g/mol. The number of nitrogens with zero attached hydrogens (tertiary/aromatic N) is 3. The van der Waals surface area contributed by atoms with Crippen molar-refractivity contribution < 1.29 is 0 Å². The molecule has 3 heterocycles. The van der Waals surface area contributed by atoms with Crippen LogP contribution in [0, 0.1) is 0 Å². The highest BCUT2D eigenvalue weighted by atomic mass is 35.5. The van der Waals surface area contributed by atoms with Crippen molar-refractivity contribution in [2.45, 2.75) is 9.79 Å². The molecule has 34 heavy (non-hydrogen) atoms. The fourth-order valence-corrected chi connectivity index (χ4v) is 5.10. The molecule has 6 aromatic rings. The van der Waals surface area contributed by atoms with E-state index in [0.717, 1.165) is 31.8 Å². The normalized spacial score (nSPS) is 11.3. The average molecular weight is 482 g/mol. The highest BCUT2D eigenvalue weighted by Gasteiger charge is 2.18. The molecule has 0 unspecified atom stereocenters. The molecule has 0 fully saturated rings. The van der Waals surface area contributed by atoms with Gasteiger partial charge in [0.2, 0.25) is 0 Å². The maximum absolute atomic E-state index is 12.5. The molecule has 0 bridgehead atoms. The lowest BCUT2D eigenvalue weighted by Gasteiger charge is -2.13. The summed E-state index contributed by atoms with van der Waals surface area (Å²) in [5, 5.41) is 8.46. The first kappa shape index (κ1) is 20.7.